The molecule has 142 valence electrons. The fourth-order valence-electron chi connectivity index (χ4n) is 2.16. The minimum Gasteiger partial charge on any atom is -0.507 e. The van der Waals surface area contributed by atoms with E-state index >= 15 is 0 Å². The van der Waals surface area contributed by atoms with Crippen molar-refractivity contribution >= 4 is 34.2 Å². The van der Waals surface area contributed by atoms with Gasteiger partial charge in [0, 0.05) is 6.07 Å². The molecule has 0 aliphatic carbocycles. The molecule has 0 aliphatic heterocycles. The van der Waals surface area contributed by atoms with Crippen molar-refractivity contribution in [1.82, 2.24) is 5.32 Å². The fraction of sp³-hybridized carbons (Fsp3) is 0.118. The molecular formula is C17H16N2O7S. The van der Waals surface area contributed by atoms with Crippen LogP contribution in [0, 0.1) is 0 Å². The minimum atomic E-state index is -3.71. The number of carbonyl (C=O) groups excluding carboxylic acids is 3. The SMILES string of the molecule is CS(=O)(=O)Nc1cc(O)c(C(=O)C(C=O)NC=O)cc1Oc1ccccc1. The number of carbonyl (C=O) groups is 3. The number of ketones is 1. The van der Waals surface area contributed by atoms with E-state index in [4.69, 9.17) is 4.74 Å². The summed E-state index contributed by atoms with van der Waals surface area (Å²) >= 11 is 0. The van der Waals surface area contributed by atoms with Crippen LogP contribution < -0.4 is 14.8 Å². The molecular weight excluding hydrogens is 376 g/mol. The van der Waals surface area contributed by atoms with Gasteiger partial charge >= 0.3 is 0 Å². The van der Waals surface area contributed by atoms with Gasteiger partial charge < -0.3 is 20.0 Å². The van der Waals surface area contributed by atoms with Crippen molar-refractivity contribution in [1.29, 1.82) is 0 Å². The maximum atomic E-state index is 12.4. The second-order valence-corrected chi connectivity index (χ2v) is 7.17. The van der Waals surface area contributed by atoms with E-state index in [1.165, 1.54) is 0 Å². The fourth-order valence-corrected chi connectivity index (χ4v) is 2.72. The van der Waals surface area contributed by atoms with Crippen LogP contribution in [-0.2, 0) is 19.6 Å². The van der Waals surface area contributed by atoms with Crippen molar-refractivity contribution in [3.8, 4) is 17.2 Å². The van der Waals surface area contributed by atoms with Gasteiger partial charge in [0.15, 0.2) is 11.5 Å². The number of ether oxygens (including phenoxy) is 1. The second kappa shape index (κ2) is 8.32. The summed E-state index contributed by atoms with van der Waals surface area (Å²) in [6, 6.07) is 8.86. The van der Waals surface area contributed by atoms with Crippen LogP contribution in [0.5, 0.6) is 17.2 Å². The topological polar surface area (TPSA) is 139 Å². The normalized spacial score (nSPS) is 11.9. The number of amides is 1. The molecule has 2 aromatic rings. The Morgan fingerprint density at radius 2 is 1.85 bits per heavy atom. The highest BCUT2D eigenvalue weighted by molar-refractivity contribution is 7.92. The Balaban J connectivity index is 2.53. The molecule has 0 bridgehead atoms. The number of nitrogens with one attached hydrogen (secondary N) is 2. The van der Waals surface area contributed by atoms with Gasteiger partial charge in [0.2, 0.25) is 16.4 Å². The predicted molar refractivity (Wildman–Crippen MR) is 96.5 cm³/mol. The number of hydrogen-bond acceptors (Lipinski definition) is 7. The van der Waals surface area contributed by atoms with Gasteiger partial charge in [0.05, 0.1) is 17.5 Å². The predicted octanol–water partition coefficient (Wildman–Crippen LogP) is 1.05. The van der Waals surface area contributed by atoms with Gasteiger partial charge in [-0.2, -0.15) is 0 Å². The molecule has 0 heterocycles. The van der Waals surface area contributed by atoms with Crippen LogP contribution in [0.1, 0.15) is 10.4 Å². The molecule has 0 saturated carbocycles. The van der Waals surface area contributed by atoms with E-state index in [-0.39, 0.29) is 29.7 Å². The molecule has 0 fully saturated rings. The Labute approximate surface area is 155 Å². The van der Waals surface area contributed by atoms with E-state index in [2.05, 4.69) is 4.72 Å². The van der Waals surface area contributed by atoms with Crippen LogP contribution in [0.4, 0.5) is 5.69 Å². The number of rotatable bonds is 9. The summed E-state index contributed by atoms with van der Waals surface area (Å²) < 4.78 is 30.9. The number of sulfonamides is 1. The standard InChI is InChI=1S/C17H16N2O7S/c1-27(24,25)19-13-8-15(22)12(17(23)14(9-20)18-10-21)7-16(13)26-11-5-3-2-4-6-11/h2-10,14,19,22H,1H3,(H,18,21). The van der Waals surface area contributed by atoms with Crippen LogP contribution in [0.2, 0.25) is 0 Å². The van der Waals surface area contributed by atoms with Crippen molar-refractivity contribution in [3.63, 3.8) is 0 Å². The highest BCUT2D eigenvalue weighted by Gasteiger charge is 2.24. The summed E-state index contributed by atoms with van der Waals surface area (Å²) in [4.78, 5) is 33.9. The lowest BCUT2D eigenvalue weighted by atomic mass is 10.0. The third-order valence-corrected chi connectivity index (χ3v) is 3.89. The number of para-hydroxylation sites is 1. The molecule has 0 spiro atoms. The molecule has 0 radical (unpaired) electrons. The summed E-state index contributed by atoms with van der Waals surface area (Å²) in [5, 5.41) is 12.1. The molecule has 1 unspecified atom stereocenters. The van der Waals surface area contributed by atoms with Crippen LogP contribution in [-0.4, -0.2) is 44.3 Å². The van der Waals surface area contributed by atoms with Crippen molar-refractivity contribution in [2.45, 2.75) is 6.04 Å². The van der Waals surface area contributed by atoms with Crippen molar-refractivity contribution < 1.29 is 32.6 Å². The Bertz CT molecular complexity index is 959. The number of benzene rings is 2. The van der Waals surface area contributed by atoms with Gasteiger partial charge in [-0.3, -0.25) is 14.3 Å². The van der Waals surface area contributed by atoms with Crippen LogP contribution in [0.15, 0.2) is 42.5 Å². The van der Waals surface area contributed by atoms with Gasteiger partial charge in [-0.15, -0.1) is 0 Å². The zero-order chi connectivity index (χ0) is 20.0. The van der Waals surface area contributed by atoms with Crippen molar-refractivity contribution in [2.24, 2.45) is 0 Å². The van der Waals surface area contributed by atoms with Crippen LogP contribution >= 0.6 is 0 Å². The lowest BCUT2D eigenvalue weighted by molar-refractivity contribution is -0.114. The first kappa shape index (κ1) is 19.9. The quantitative estimate of drug-likeness (QED) is 0.329. The number of Topliss-reactive ketones (excluding diaryl/α,β-unsaturated/α-hetero) is 1. The number of anilines is 1. The van der Waals surface area contributed by atoms with Crippen molar-refractivity contribution in [2.75, 3.05) is 11.0 Å². The molecule has 1 amide bonds. The third-order valence-electron chi connectivity index (χ3n) is 3.30. The van der Waals surface area contributed by atoms with Crippen LogP contribution in [0.3, 0.4) is 0 Å². The number of hydrogen-bond donors (Lipinski definition) is 3. The Morgan fingerprint density at radius 3 is 2.41 bits per heavy atom. The van der Waals surface area contributed by atoms with Crippen molar-refractivity contribution in [3.05, 3.63) is 48.0 Å². The smallest absolute Gasteiger partial charge is 0.229 e. The largest absolute Gasteiger partial charge is 0.507 e. The maximum Gasteiger partial charge on any atom is 0.229 e. The zero-order valence-corrected chi connectivity index (χ0v) is 14.9. The van der Waals surface area contributed by atoms with E-state index in [0.29, 0.717) is 5.75 Å². The average Bonchev–Trinajstić information content (AvgIpc) is 2.61. The molecule has 0 aliphatic rings. The van der Waals surface area contributed by atoms with E-state index in [9.17, 15) is 27.9 Å². The average molecular weight is 392 g/mol. The Morgan fingerprint density at radius 1 is 1.19 bits per heavy atom. The van der Waals surface area contributed by atoms with E-state index in [1.807, 2.05) is 5.32 Å². The summed E-state index contributed by atoms with van der Waals surface area (Å²) in [6.07, 6.45) is 1.29. The maximum absolute atomic E-state index is 12.4. The number of phenolic OH excluding ortho intramolecular Hbond substituents is 1. The molecule has 0 aromatic heterocycles. The molecule has 0 saturated heterocycles. The van der Waals surface area contributed by atoms with Gasteiger partial charge in [0.1, 0.15) is 23.8 Å². The first-order chi connectivity index (χ1) is 12.7. The third kappa shape index (κ3) is 5.28. The van der Waals surface area contributed by atoms with Gasteiger partial charge in [0.25, 0.3) is 0 Å². The van der Waals surface area contributed by atoms with Gasteiger partial charge in [-0.05, 0) is 18.2 Å². The van der Waals surface area contributed by atoms with Gasteiger partial charge in [-0.25, -0.2) is 8.42 Å². The molecule has 2 rings (SSSR count). The Kier molecular flexibility index (Phi) is 6.14. The lowest BCUT2D eigenvalue weighted by Gasteiger charge is -2.16. The monoisotopic (exact) mass is 392 g/mol. The number of phenols is 1. The summed E-state index contributed by atoms with van der Waals surface area (Å²) in [7, 11) is -3.71. The highest BCUT2D eigenvalue weighted by Crippen LogP contribution is 2.36. The lowest BCUT2D eigenvalue weighted by Crippen LogP contribution is -2.37. The highest BCUT2D eigenvalue weighted by atomic mass is 32.2. The second-order valence-electron chi connectivity index (χ2n) is 5.42. The summed E-state index contributed by atoms with van der Waals surface area (Å²) in [5.74, 6) is -1.22. The van der Waals surface area contributed by atoms with Gasteiger partial charge in [-0.1, -0.05) is 18.2 Å². The number of aromatic hydroxyl groups is 1. The molecule has 3 N–H and O–H groups in total. The molecule has 9 nitrogen and oxygen atoms in total. The first-order valence-electron chi connectivity index (χ1n) is 7.52. The van der Waals surface area contributed by atoms with Crippen LogP contribution in [0.25, 0.3) is 0 Å². The molecule has 27 heavy (non-hydrogen) atoms. The Hall–Kier alpha value is -3.40. The van der Waals surface area contributed by atoms with E-state index in [0.717, 1.165) is 18.4 Å². The summed E-state index contributed by atoms with van der Waals surface area (Å²) in [5.41, 5.74) is -0.437. The molecule has 2 aromatic carbocycles. The molecule has 10 heteroatoms. The summed E-state index contributed by atoms with van der Waals surface area (Å²) in [6.45, 7) is 0. The first-order valence-corrected chi connectivity index (χ1v) is 9.41. The number of aldehydes is 1. The molecule has 1 atom stereocenters. The van der Waals surface area contributed by atoms with E-state index in [1.54, 1.807) is 30.3 Å². The zero-order valence-electron chi connectivity index (χ0n) is 14.1. The van der Waals surface area contributed by atoms with E-state index < -0.39 is 27.6 Å². The minimum absolute atomic E-state index is 0.0801.